The molecule has 1 amide bonds. The van der Waals surface area contributed by atoms with E-state index in [9.17, 15) is 18.0 Å². The number of aromatic nitrogens is 4. The summed E-state index contributed by atoms with van der Waals surface area (Å²) in [7, 11) is 0. The van der Waals surface area contributed by atoms with Gasteiger partial charge in [-0.05, 0) is 81.8 Å². The lowest BCUT2D eigenvalue weighted by Crippen LogP contribution is -2.12. The molecule has 0 spiro atoms. The lowest BCUT2D eigenvalue weighted by Gasteiger charge is -2.10. The monoisotopic (exact) mass is 481 g/mol. The zero-order chi connectivity index (χ0) is 25.3. The molecule has 35 heavy (non-hydrogen) atoms. The quantitative estimate of drug-likeness (QED) is 0.380. The van der Waals surface area contributed by atoms with E-state index in [1.165, 1.54) is 0 Å². The summed E-state index contributed by atoms with van der Waals surface area (Å²) in [6, 6.07) is 12.2. The van der Waals surface area contributed by atoms with Gasteiger partial charge in [-0.25, -0.2) is 9.67 Å². The van der Waals surface area contributed by atoms with Gasteiger partial charge in [0, 0.05) is 23.0 Å². The summed E-state index contributed by atoms with van der Waals surface area (Å²) >= 11 is 0. The normalized spacial score (nSPS) is 11.4. The summed E-state index contributed by atoms with van der Waals surface area (Å²) in [5.41, 5.74) is 2.72. The van der Waals surface area contributed by atoms with Gasteiger partial charge in [-0.15, -0.1) is 0 Å². The molecule has 0 aliphatic heterocycles. The van der Waals surface area contributed by atoms with E-state index in [1.54, 1.807) is 41.9 Å². The number of rotatable bonds is 5. The Balaban J connectivity index is 1.46. The van der Waals surface area contributed by atoms with Crippen molar-refractivity contribution in [3.8, 4) is 17.4 Å². The van der Waals surface area contributed by atoms with Crippen LogP contribution in [0.4, 0.5) is 18.9 Å². The third-order valence-corrected chi connectivity index (χ3v) is 5.48. The van der Waals surface area contributed by atoms with Crippen molar-refractivity contribution in [2.24, 2.45) is 0 Å². The van der Waals surface area contributed by atoms with Crippen molar-refractivity contribution >= 4 is 11.6 Å². The van der Waals surface area contributed by atoms with Gasteiger partial charge in [0.15, 0.2) is 5.82 Å². The van der Waals surface area contributed by atoms with Crippen LogP contribution in [-0.2, 0) is 6.18 Å². The van der Waals surface area contributed by atoms with Gasteiger partial charge in [-0.3, -0.25) is 4.79 Å². The Morgan fingerprint density at radius 2 is 1.60 bits per heavy atom. The first-order valence-corrected chi connectivity index (χ1v) is 10.7. The molecule has 4 rings (SSSR count). The van der Waals surface area contributed by atoms with E-state index in [2.05, 4.69) is 20.4 Å². The highest BCUT2D eigenvalue weighted by Gasteiger charge is 2.30. The number of hydrogen-bond donors (Lipinski definition) is 1. The Labute approximate surface area is 199 Å². The molecule has 180 valence electrons. The second kappa shape index (κ2) is 9.21. The molecule has 0 fully saturated rings. The van der Waals surface area contributed by atoms with Gasteiger partial charge in [-0.1, -0.05) is 0 Å². The third kappa shape index (κ3) is 5.32. The summed E-state index contributed by atoms with van der Waals surface area (Å²) in [6.07, 6.45) is -4.46. The van der Waals surface area contributed by atoms with Crippen molar-refractivity contribution in [3.63, 3.8) is 0 Å². The van der Waals surface area contributed by atoms with E-state index in [1.807, 2.05) is 20.8 Å². The van der Waals surface area contributed by atoms with Gasteiger partial charge >= 0.3 is 6.18 Å². The van der Waals surface area contributed by atoms with Crippen molar-refractivity contribution in [1.29, 1.82) is 0 Å². The largest absolute Gasteiger partial charge is 0.439 e. The zero-order valence-electron chi connectivity index (χ0n) is 19.4. The number of halogens is 3. The van der Waals surface area contributed by atoms with Gasteiger partial charge in [0.05, 0.1) is 11.3 Å². The molecule has 0 aliphatic carbocycles. The van der Waals surface area contributed by atoms with Crippen LogP contribution in [0.2, 0.25) is 0 Å². The average Bonchev–Trinajstić information content (AvgIpc) is 3.07. The fourth-order valence-corrected chi connectivity index (χ4v) is 3.37. The molecule has 2 aromatic carbocycles. The lowest BCUT2D eigenvalue weighted by molar-refractivity contribution is -0.137. The molecule has 2 aromatic heterocycles. The van der Waals surface area contributed by atoms with Crippen molar-refractivity contribution < 1.29 is 22.7 Å². The van der Waals surface area contributed by atoms with Gasteiger partial charge in [-0.2, -0.15) is 23.3 Å². The Morgan fingerprint density at radius 1 is 0.943 bits per heavy atom. The number of aryl methyl sites for hydroxylation is 2. The SMILES string of the molecule is Cc1nc(Oc2ccc(NC(=O)c3ccc(C(F)(F)F)cc3)cc2)cc(-n2nc(C)c(C)c2C)n1. The first-order valence-electron chi connectivity index (χ1n) is 10.7. The van der Waals surface area contributed by atoms with Crippen LogP contribution in [0.1, 0.15) is 38.7 Å². The number of nitrogens with zero attached hydrogens (tertiary/aromatic N) is 4. The summed E-state index contributed by atoms with van der Waals surface area (Å²) in [6.45, 7) is 7.65. The summed E-state index contributed by atoms with van der Waals surface area (Å²) in [5, 5.41) is 7.17. The van der Waals surface area contributed by atoms with Gasteiger partial charge < -0.3 is 10.1 Å². The molecule has 0 saturated carbocycles. The van der Waals surface area contributed by atoms with Crippen LogP contribution >= 0.6 is 0 Å². The van der Waals surface area contributed by atoms with Crippen LogP contribution in [0, 0.1) is 27.7 Å². The fourth-order valence-electron chi connectivity index (χ4n) is 3.37. The van der Waals surface area contributed by atoms with Crippen LogP contribution in [-0.4, -0.2) is 25.7 Å². The molecule has 0 unspecified atom stereocenters. The van der Waals surface area contributed by atoms with E-state index in [0.717, 1.165) is 41.2 Å². The molecule has 2 heterocycles. The number of alkyl halides is 3. The second-order valence-corrected chi connectivity index (χ2v) is 7.97. The lowest BCUT2D eigenvalue weighted by atomic mass is 10.1. The number of amides is 1. The maximum atomic E-state index is 12.7. The standard InChI is InChI=1S/C25H22F3N5O2/c1-14-15(2)32-33(16(14)3)22-13-23(30-17(4)29-22)35-21-11-9-20(10-12-21)31-24(34)18-5-7-19(8-6-18)25(26,27)28/h5-13H,1-4H3,(H,31,34). The number of carbonyl (C=O) groups is 1. The van der Waals surface area contributed by atoms with Crippen LogP contribution in [0.25, 0.3) is 5.82 Å². The molecule has 4 aromatic rings. The topological polar surface area (TPSA) is 81.9 Å². The van der Waals surface area contributed by atoms with Gasteiger partial charge in [0.2, 0.25) is 5.88 Å². The van der Waals surface area contributed by atoms with E-state index < -0.39 is 17.6 Å². The molecular formula is C25H22F3N5O2. The summed E-state index contributed by atoms with van der Waals surface area (Å²) in [5.74, 6) is 1.39. The fraction of sp³-hybridized carbons (Fsp3) is 0.200. The van der Waals surface area contributed by atoms with Crippen molar-refractivity contribution in [2.45, 2.75) is 33.9 Å². The zero-order valence-corrected chi connectivity index (χ0v) is 19.4. The van der Waals surface area contributed by atoms with Crippen molar-refractivity contribution in [3.05, 3.63) is 88.5 Å². The average molecular weight is 481 g/mol. The molecule has 0 atom stereocenters. The van der Waals surface area contributed by atoms with E-state index >= 15 is 0 Å². The van der Waals surface area contributed by atoms with Crippen LogP contribution < -0.4 is 10.1 Å². The molecule has 0 radical (unpaired) electrons. The molecular weight excluding hydrogens is 459 g/mol. The highest BCUT2D eigenvalue weighted by molar-refractivity contribution is 6.04. The smallest absolute Gasteiger partial charge is 0.416 e. The van der Waals surface area contributed by atoms with Crippen molar-refractivity contribution in [2.75, 3.05) is 5.32 Å². The first-order chi connectivity index (χ1) is 16.5. The number of anilines is 1. The minimum atomic E-state index is -4.46. The Bertz CT molecular complexity index is 1380. The number of benzene rings is 2. The minimum absolute atomic E-state index is 0.113. The molecule has 0 saturated heterocycles. The molecule has 1 N–H and O–H groups in total. The Morgan fingerprint density at radius 3 is 2.17 bits per heavy atom. The maximum Gasteiger partial charge on any atom is 0.416 e. The maximum absolute atomic E-state index is 12.7. The number of nitrogens with one attached hydrogen (secondary N) is 1. The molecule has 0 aliphatic rings. The first kappa shape index (κ1) is 23.9. The van der Waals surface area contributed by atoms with Crippen LogP contribution in [0.15, 0.2) is 54.6 Å². The van der Waals surface area contributed by atoms with Crippen LogP contribution in [0.3, 0.4) is 0 Å². The summed E-state index contributed by atoms with van der Waals surface area (Å²) < 4.78 is 45.7. The van der Waals surface area contributed by atoms with E-state index in [4.69, 9.17) is 4.74 Å². The van der Waals surface area contributed by atoms with E-state index in [-0.39, 0.29) is 5.56 Å². The summed E-state index contributed by atoms with van der Waals surface area (Å²) in [4.78, 5) is 21.1. The predicted octanol–water partition coefficient (Wildman–Crippen LogP) is 5.96. The van der Waals surface area contributed by atoms with Gasteiger partial charge in [0.25, 0.3) is 5.91 Å². The highest BCUT2D eigenvalue weighted by Crippen LogP contribution is 2.29. The predicted molar refractivity (Wildman–Crippen MR) is 124 cm³/mol. The minimum Gasteiger partial charge on any atom is -0.439 e. The van der Waals surface area contributed by atoms with Gasteiger partial charge in [0.1, 0.15) is 11.6 Å². The number of hydrogen-bond acceptors (Lipinski definition) is 5. The Kier molecular flexibility index (Phi) is 6.29. The van der Waals surface area contributed by atoms with Crippen molar-refractivity contribution in [1.82, 2.24) is 19.7 Å². The Hall–Kier alpha value is -4.21. The molecule has 7 nitrogen and oxygen atoms in total. The molecule has 10 heteroatoms. The highest BCUT2D eigenvalue weighted by atomic mass is 19.4. The molecule has 0 bridgehead atoms. The second-order valence-electron chi connectivity index (χ2n) is 7.97. The van der Waals surface area contributed by atoms with E-state index in [0.29, 0.717) is 29.0 Å². The van der Waals surface area contributed by atoms with Crippen LogP contribution in [0.5, 0.6) is 11.6 Å². The number of carbonyl (C=O) groups excluding carboxylic acids is 1. The number of ether oxygens (including phenoxy) is 1. The third-order valence-electron chi connectivity index (χ3n) is 5.48.